The van der Waals surface area contributed by atoms with E-state index in [9.17, 15) is 22.4 Å². The second kappa shape index (κ2) is 9.91. The lowest BCUT2D eigenvalue weighted by atomic mass is 9.87. The van der Waals surface area contributed by atoms with Gasteiger partial charge in [0.2, 0.25) is 5.91 Å². The van der Waals surface area contributed by atoms with Gasteiger partial charge < -0.3 is 5.32 Å². The van der Waals surface area contributed by atoms with Gasteiger partial charge >= 0.3 is 0 Å². The summed E-state index contributed by atoms with van der Waals surface area (Å²) in [5.41, 5.74) is -0.328. The van der Waals surface area contributed by atoms with Crippen molar-refractivity contribution < 1.29 is 26.8 Å². The molecule has 35 heavy (non-hydrogen) atoms. The van der Waals surface area contributed by atoms with Crippen molar-refractivity contribution in [3.63, 3.8) is 0 Å². The fraction of sp³-hybridized carbons (Fsp3) is 0.240. The molecule has 0 bridgehead atoms. The lowest BCUT2D eigenvalue weighted by Crippen LogP contribution is -2.17. The van der Waals surface area contributed by atoms with Gasteiger partial charge in [-0.25, -0.2) is 22.2 Å². The first kappa shape index (κ1) is 26.0. The lowest BCUT2D eigenvalue weighted by molar-refractivity contribution is -0.114. The fourth-order valence-corrected chi connectivity index (χ4v) is 4.34. The SMILES string of the molecule is CC(=O)Nc1ccc(CC(=O)c2c(F)ccc(NS(=O)(=O)c3ccc(C(C)(C)C)cc3)c2F)cn1. The Kier molecular flexibility index (Phi) is 7.35. The van der Waals surface area contributed by atoms with E-state index in [1.807, 2.05) is 20.8 Å². The molecule has 1 aromatic heterocycles. The number of aromatic nitrogens is 1. The molecule has 1 heterocycles. The summed E-state index contributed by atoms with van der Waals surface area (Å²) in [7, 11) is -4.20. The van der Waals surface area contributed by atoms with E-state index in [0.717, 1.165) is 17.7 Å². The minimum atomic E-state index is -4.20. The molecule has 0 saturated heterocycles. The van der Waals surface area contributed by atoms with Gasteiger partial charge in [-0.15, -0.1) is 0 Å². The maximum atomic E-state index is 15.1. The molecule has 2 N–H and O–H groups in total. The van der Waals surface area contributed by atoms with E-state index in [2.05, 4.69) is 15.0 Å². The fourth-order valence-electron chi connectivity index (χ4n) is 3.28. The minimum Gasteiger partial charge on any atom is -0.311 e. The Morgan fingerprint density at radius 2 is 1.63 bits per heavy atom. The van der Waals surface area contributed by atoms with Crippen LogP contribution in [0.15, 0.2) is 59.6 Å². The maximum Gasteiger partial charge on any atom is 0.261 e. The Hall–Kier alpha value is -3.66. The van der Waals surface area contributed by atoms with Gasteiger partial charge in [0.25, 0.3) is 10.0 Å². The number of rotatable bonds is 7. The van der Waals surface area contributed by atoms with Crippen molar-refractivity contribution in [2.45, 2.75) is 44.4 Å². The van der Waals surface area contributed by atoms with Crippen LogP contribution in [0.3, 0.4) is 0 Å². The van der Waals surface area contributed by atoms with Crippen LogP contribution in [0.1, 0.15) is 49.2 Å². The minimum absolute atomic E-state index is 0.104. The summed E-state index contributed by atoms with van der Waals surface area (Å²) < 4.78 is 57.2. The van der Waals surface area contributed by atoms with Crippen LogP contribution in [0.4, 0.5) is 20.3 Å². The topological polar surface area (TPSA) is 105 Å². The molecule has 184 valence electrons. The molecule has 0 spiro atoms. The van der Waals surface area contributed by atoms with Crippen molar-refractivity contribution in [1.82, 2.24) is 4.98 Å². The normalized spacial score (nSPS) is 11.7. The number of halogens is 2. The standard InChI is InChI=1S/C25H25F2N3O4S/c1-15(31)29-22-12-5-16(14-28-22)13-21(32)23-19(26)10-11-20(24(23)27)30-35(33,34)18-8-6-17(7-9-18)25(2,3)4/h5-12,14,30H,13H2,1-4H3,(H,28,29,31). The Bertz CT molecular complexity index is 1370. The average Bonchev–Trinajstić information content (AvgIpc) is 2.76. The molecule has 0 aliphatic rings. The first-order chi connectivity index (χ1) is 16.3. The highest BCUT2D eigenvalue weighted by Gasteiger charge is 2.24. The zero-order valence-electron chi connectivity index (χ0n) is 19.6. The number of nitrogens with zero attached hydrogens (tertiary/aromatic N) is 1. The molecule has 1 amide bonds. The van der Waals surface area contributed by atoms with Crippen LogP contribution >= 0.6 is 0 Å². The van der Waals surface area contributed by atoms with Crippen molar-refractivity contribution in [1.29, 1.82) is 0 Å². The number of anilines is 2. The zero-order chi connectivity index (χ0) is 26.0. The monoisotopic (exact) mass is 501 g/mol. The third-order valence-corrected chi connectivity index (χ3v) is 6.52. The van der Waals surface area contributed by atoms with Gasteiger partial charge in [0.1, 0.15) is 11.6 Å². The predicted molar refractivity (Wildman–Crippen MR) is 129 cm³/mol. The van der Waals surface area contributed by atoms with E-state index in [1.54, 1.807) is 12.1 Å². The molecule has 0 aliphatic carbocycles. The van der Waals surface area contributed by atoms with E-state index in [1.165, 1.54) is 37.4 Å². The smallest absolute Gasteiger partial charge is 0.261 e. The zero-order valence-corrected chi connectivity index (χ0v) is 20.5. The molecule has 10 heteroatoms. The van der Waals surface area contributed by atoms with Crippen LogP contribution in [0, 0.1) is 11.6 Å². The first-order valence-corrected chi connectivity index (χ1v) is 12.1. The van der Waals surface area contributed by atoms with Gasteiger partial charge in [0.15, 0.2) is 11.6 Å². The van der Waals surface area contributed by atoms with E-state index in [0.29, 0.717) is 5.56 Å². The average molecular weight is 502 g/mol. The summed E-state index contributed by atoms with van der Waals surface area (Å²) in [6.07, 6.45) is 0.915. The molecule has 0 fully saturated rings. The Morgan fingerprint density at radius 1 is 0.971 bits per heavy atom. The van der Waals surface area contributed by atoms with Crippen LogP contribution in [0.5, 0.6) is 0 Å². The largest absolute Gasteiger partial charge is 0.311 e. The number of benzene rings is 2. The molecular formula is C25H25F2N3O4S. The van der Waals surface area contributed by atoms with Gasteiger partial charge in [-0.3, -0.25) is 14.3 Å². The van der Waals surface area contributed by atoms with Crippen molar-refractivity contribution in [3.05, 3.63) is 83.1 Å². The Labute approximate surface area is 202 Å². The second-order valence-corrected chi connectivity index (χ2v) is 10.7. The molecule has 0 atom stereocenters. The Morgan fingerprint density at radius 3 is 2.17 bits per heavy atom. The van der Waals surface area contributed by atoms with Gasteiger partial charge in [0, 0.05) is 19.5 Å². The number of carbonyl (C=O) groups is 2. The first-order valence-electron chi connectivity index (χ1n) is 10.6. The molecule has 2 aromatic carbocycles. The third kappa shape index (κ3) is 6.27. The summed E-state index contributed by atoms with van der Waals surface area (Å²) in [5, 5.41) is 2.47. The predicted octanol–water partition coefficient (Wildman–Crippen LogP) is 4.84. The van der Waals surface area contributed by atoms with Crippen molar-refractivity contribution in [2.24, 2.45) is 0 Å². The molecule has 3 aromatic rings. The maximum absolute atomic E-state index is 15.1. The van der Waals surface area contributed by atoms with E-state index < -0.39 is 38.7 Å². The highest BCUT2D eigenvalue weighted by atomic mass is 32.2. The number of hydrogen-bond donors (Lipinski definition) is 2. The van der Waals surface area contributed by atoms with Gasteiger partial charge in [-0.2, -0.15) is 0 Å². The van der Waals surface area contributed by atoms with E-state index in [4.69, 9.17) is 0 Å². The summed E-state index contributed by atoms with van der Waals surface area (Å²) >= 11 is 0. The van der Waals surface area contributed by atoms with Crippen molar-refractivity contribution >= 4 is 33.2 Å². The number of Topliss-reactive ketones (excluding diaryl/α,β-unsaturated/α-hetero) is 1. The number of hydrogen-bond acceptors (Lipinski definition) is 5. The van der Waals surface area contributed by atoms with Gasteiger partial charge in [-0.1, -0.05) is 39.0 Å². The number of carbonyl (C=O) groups excluding carboxylic acids is 2. The number of sulfonamides is 1. The molecular weight excluding hydrogens is 476 g/mol. The van der Waals surface area contributed by atoms with Crippen LogP contribution in [0.2, 0.25) is 0 Å². The quantitative estimate of drug-likeness (QED) is 0.451. The molecule has 0 radical (unpaired) electrons. The highest BCUT2D eigenvalue weighted by molar-refractivity contribution is 7.92. The Balaban J connectivity index is 1.84. The van der Waals surface area contributed by atoms with Gasteiger partial charge in [0.05, 0.1) is 16.1 Å². The molecule has 0 unspecified atom stereocenters. The van der Waals surface area contributed by atoms with Crippen LogP contribution in [-0.2, 0) is 26.7 Å². The van der Waals surface area contributed by atoms with Gasteiger partial charge in [-0.05, 0) is 46.9 Å². The third-order valence-electron chi connectivity index (χ3n) is 5.14. The summed E-state index contributed by atoms with van der Waals surface area (Å²) in [5.74, 6) is -3.39. The molecule has 7 nitrogen and oxygen atoms in total. The van der Waals surface area contributed by atoms with Crippen LogP contribution < -0.4 is 10.0 Å². The molecule has 0 aliphatic heterocycles. The lowest BCUT2D eigenvalue weighted by Gasteiger charge is -2.19. The van der Waals surface area contributed by atoms with Crippen LogP contribution in [-0.4, -0.2) is 25.1 Å². The number of pyridine rings is 1. The van der Waals surface area contributed by atoms with E-state index >= 15 is 4.39 Å². The number of ketones is 1. The molecule has 0 saturated carbocycles. The summed E-state index contributed by atoms with van der Waals surface area (Å²) in [4.78, 5) is 27.6. The van der Waals surface area contributed by atoms with Crippen LogP contribution in [0.25, 0.3) is 0 Å². The second-order valence-electron chi connectivity index (χ2n) is 9.00. The number of amides is 1. The number of nitrogens with one attached hydrogen (secondary N) is 2. The molecule has 3 rings (SSSR count). The summed E-state index contributed by atoms with van der Waals surface area (Å²) in [6, 6.07) is 10.8. The highest BCUT2D eigenvalue weighted by Crippen LogP contribution is 2.27. The van der Waals surface area contributed by atoms with Crippen molar-refractivity contribution in [3.8, 4) is 0 Å². The van der Waals surface area contributed by atoms with Crippen molar-refractivity contribution in [2.75, 3.05) is 10.0 Å². The summed E-state index contributed by atoms with van der Waals surface area (Å²) in [6.45, 7) is 7.25. The van der Waals surface area contributed by atoms with E-state index in [-0.39, 0.29) is 28.5 Å².